The van der Waals surface area contributed by atoms with Crippen LogP contribution in [0.3, 0.4) is 0 Å². The molecule has 0 aliphatic rings. The summed E-state index contributed by atoms with van der Waals surface area (Å²) in [5.74, 6) is 0. The van der Waals surface area contributed by atoms with Crippen molar-refractivity contribution in [1.82, 2.24) is 14.0 Å². The fourth-order valence-corrected chi connectivity index (χ4v) is 4.79. The van der Waals surface area contributed by atoms with Gasteiger partial charge in [0.25, 0.3) is 11.2 Å². The summed E-state index contributed by atoms with van der Waals surface area (Å²) in [7, 11) is 0. The minimum Gasteiger partial charge on any atom is -0.318 e. The van der Waals surface area contributed by atoms with E-state index in [1.807, 2.05) is 54.8 Å². The second kappa shape index (κ2) is 6.64. The molecule has 5 aromatic rings. The van der Waals surface area contributed by atoms with Crippen molar-refractivity contribution in [2.75, 3.05) is 0 Å². The number of nitro benzene ring substituents is 1. The van der Waals surface area contributed by atoms with E-state index >= 15 is 0 Å². The Morgan fingerprint density at radius 2 is 1.83 bits per heavy atom. The van der Waals surface area contributed by atoms with E-state index in [-0.39, 0.29) is 11.2 Å². The van der Waals surface area contributed by atoms with E-state index in [4.69, 9.17) is 0 Å². The van der Waals surface area contributed by atoms with Crippen LogP contribution in [0.15, 0.2) is 59.4 Å². The van der Waals surface area contributed by atoms with Gasteiger partial charge in [0.05, 0.1) is 20.5 Å². The molecule has 0 amide bonds. The van der Waals surface area contributed by atoms with E-state index in [0.29, 0.717) is 9.49 Å². The van der Waals surface area contributed by atoms with Gasteiger partial charge in [-0.25, -0.2) is 9.38 Å². The van der Waals surface area contributed by atoms with Crippen LogP contribution in [-0.2, 0) is 0 Å². The molecular formula is C22H16N4O3S. The smallest absolute Gasteiger partial charge is 0.274 e. The van der Waals surface area contributed by atoms with Gasteiger partial charge in [0, 0.05) is 29.2 Å². The van der Waals surface area contributed by atoms with Crippen LogP contribution in [0, 0.1) is 24.0 Å². The van der Waals surface area contributed by atoms with Gasteiger partial charge < -0.3 is 4.57 Å². The van der Waals surface area contributed by atoms with Crippen molar-refractivity contribution >= 4 is 39.1 Å². The number of para-hydroxylation sites is 2. The third kappa shape index (κ3) is 2.73. The number of non-ortho nitro benzene ring substituents is 1. The number of hydrogen-bond acceptors (Lipinski definition) is 5. The predicted octanol–water partition coefficient (Wildman–Crippen LogP) is 3.77. The lowest BCUT2D eigenvalue weighted by Crippen LogP contribution is -2.22. The fourth-order valence-electron chi connectivity index (χ4n) is 3.81. The second-order valence-electron chi connectivity index (χ2n) is 7.07. The number of aromatic nitrogens is 3. The standard InChI is InChI=1S/C22H16N4O3S/c1-13-11-15(14(2)24(13)16-7-9-17(10-8-16)26(28)29)12-20-21(27)25-19-6-4-3-5-18(19)23-22(25)30-20/h3-12H,1-2H3/b20-12-. The number of hydrogen-bond donors (Lipinski definition) is 0. The van der Waals surface area contributed by atoms with Gasteiger partial charge in [-0.2, -0.15) is 0 Å². The number of imidazole rings is 1. The predicted molar refractivity (Wildman–Crippen MR) is 118 cm³/mol. The van der Waals surface area contributed by atoms with Crippen molar-refractivity contribution in [2.45, 2.75) is 13.8 Å². The molecule has 7 nitrogen and oxygen atoms in total. The molecule has 3 aromatic heterocycles. The van der Waals surface area contributed by atoms with E-state index < -0.39 is 4.92 Å². The van der Waals surface area contributed by atoms with E-state index in [1.165, 1.54) is 23.5 Å². The lowest BCUT2D eigenvalue weighted by Gasteiger charge is -2.09. The average molecular weight is 416 g/mol. The maximum atomic E-state index is 13.0. The number of aryl methyl sites for hydroxylation is 1. The van der Waals surface area contributed by atoms with Crippen molar-refractivity contribution in [3.05, 3.63) is 96.5 Å². The maximum Gasteiger partial charge on any atom is 0.274 e. The van der Waals surface area contributed by atoms with Crippen LogP contribution in [0.5, 0.6) is 0 Å². The Kier molecular flexibility index (Phi) is 4.04. The minimum atomic E-state index is -0.412. The molecule has 5 rings (SSSR count). The van der Waals surface area contributed by atoms with Crippen LogP contribution in [-0.4, -0.2) is 18.9 Å². The van der Waals surface area contributed by atoms with Gasteiger partial charge in [-0.05, 0) is 55.8 Å². The number of nitrogens with zero attached hydrogens (tertiary/aromatic N) is 4. The van der Waals surface area contributed by atoms with Gasteiger partial charge in [0.2, 0.25) is 0 Å². The number of fused-ring (bicyclic) bond motifs is 3. The van der Waals surface area contributed by atoms with Crippen LogP contribution in [0.2, 0.25) is 0 Å². The number of nitro groups is 1. The topological polar surface area (TPSA) is 82.4 Å². The first-order valence-corrected chi connectivity index (χ1v) is 10.1. The van der Waals surface area contributed by atoms with E-state index in [1.54, 1.807) is 16.5 Å². The molecule has 2 aromatic carbocycles. The largest absolute Gasteiger partial charge is 0.318 e. The van der Waals surface area contributed by atoms with Gasteiger partial charge >= 0.3 is 0 Å². The highest BCUT2D eigenvalue weighted by Gasteiger charge is 2.14. The highest BCUT2D eigenvalue weighted by atomic mass is 32.1. The van der Waals surface area contributed by atoms with Gasteiger partial charge in [0.1, 0.15) is 0 Å². The van der Waals surface area contributed by atoms with Crippen molar-refractivity contribution in [3.63, 3.8) is 0 Å². The summed E-state index contributed by atoms with van der Waals surface area (Å²) in [5, 5.41) is 10.9. The van der Waals surface area contributed by atoms with Crippen molar-refractivity contribution in [3.8, 4) is 5.69 Å². The first-order chi connectivity index (χ1) is 14.4. The normalized spacial score (nSPS) is 12.3. The Morgan fingerprint density at radius 3 is 2.57 bits per heavy atom. The molecule has 3 heterocycles. The Labute approximate surface area is 174 Å². The summed E-state index contributed by atoms with van der Waals surface area (Å²) in [4.78, 5) is 28.7. The summed E-state index contributed by atoms with van der Waals surface area (Å²) in [5.41, 5.74) is 5.29. The fraction of sp³-hybridized carbons (Fsp3) is 0.0909. The van der Waals surface area contributed by atoms with Crippen molar-refractivity contribution in [2.24, 2.45) is 0 Å². The molecule has 0 saturated heterocycles. The highest BCUT2D eigenvalue weighted by Crippen LogP contribution is 2.23. The van der Waals surface area contributed by atoms with Crippen LogP contribution in [0.4, 0.5) is 5.69 Å². The van der Waals surface area contributed by atoms with E-state index in [9.17, 15) is 14.9 Å². The molecule has 0 atom stereocenters. The molecule has 0 aliphatic heterocycles. The summed E-state index contributed by atoms with van der Waals surface area (Å²) >= 11 is 1.37. The third-order valence-corrected chi connectivity index (χ3v) is 6.19. The van der Waals surface area contributed by atoms with Crippen molar-refractivity contribution in [1.29, 1.82) is 0 Å². The van der Waals surface area contributed by atoms with Crippen LogP contribution in [0.25, 0.3) is 27.8 Å². The first-order valence-electron chi connectivity index (χ1n) is 9.29. The van der Waals surface area contributed by atoms with Gasteiger partial charge in [-0.3, -0.25) is 14.9 Å². The SMILES string of the molecule is Cc1cc(/C=c2\sc3nc4ccccc4n3c2=O)c(C)n1-c1ccc([N+](=O)[O-])cc1. The van der Waals surface area contributed by atoms with Crippen LogP contribution < -0.4 is 10.1 Å². The number of benzene rings is 2. The summed E-state index contributed by atoms with van der Waals surface area (Å²) < 4.78 is 4.29. The molecule has 0 bridgehead atoms. The maximum absolute atomic E-state index is 13.0. The Morgan fingerprint density at radius 1 is 1.10 bits per heavy atom. The number of thiazole rings is 1. The molecular weight excluding hydrogens is 400 g/mol. The monoisotopic (exact) mass is 416 g/mol. The summed E-state index contributed by atoms with van der Waals surface area (Å²) in [6.45, 7) is 3.94. The Balaban J connectivity index is 1.64. The Bertz CT molecular complexity index is 1560. The Hall–Kier alpha value is -3.78. The molecule has 0 fully saturated rings. The zero-order valence-electron chi connectivity index (χ0n) is 16.2. The summed E-state index contributed by atoms with van der Waals surface area (Å²) in [6.07, 6.45) is 1.89. The van der Waals surface area contributed by atoms with Gasteiger partial charge in [-0.1, -0.05) is 23.5 Å². The summed E-state index contributed by atoms with van der Waals surface area (Å²) in [6, 6.07) is 16.1. The van der Waals surface area contributed by atoms with Crippen LogP contribution >= 0.6 is 11.3 Å². The highest BCUT2D eigenvalue weighted by molar-refractivity contribution is 7.15. The molecule has 30 heavy (non-hydrogen) atoms. The molecule has 0 aliphatic carbocycles. The zero-order chi connectivity index (χ0) is 21.0. The third-order valence-electron chi connectivity index (χ3n) is 5.22. The first kappa shape index (κ1) is 18.3. The van der Waals surface area contributed by atoms with E-state index in [2.05, 4.69) is 4.98 Å². The quantitative estimate of drug-likeness (QED) is 0.331. The molecule has 0 spiro atoms. The molecule has 0 radical (unpaired) electrons. The zero-order valence-corrected chi connectivity index (χ0v) is 17.0. The van der Waals surface area contributed by atoms with E-state index in [0.717, 1.165) is 33.7 Å². The lowest BCUT2D eigenvalue weighted by atomic mass is 10.2. The van der Waals surface area contributed by atoms with Gasteiger partial charge in [0.15, 0.2) is 4.96 Å². The molecule has 8 heteroatoms. The van der Waals surface area contributed by atoms with Gasteiger partial charge in [-0.15, -0.1) is 0 Å². The van der Waals surface area contributed by atoms with Crippen LogP contribution in [0.1, 0.15) is 17.0 Å². The molecule has 148 valence electrons. The molecule has 0 saturated carbocycles. The molecule has 0 unspecified atom stereocenters. The average Bonchev–Trinajstić information content (AvgIpc) is 3.33. The number of rotatable bonds is 3. The minimum absolute atomic E-state index is 0.0538. The lowest BCUT2D eigenvalue weighted by molar-refractivity contribution is -0.384. The van der Waals surface area contributed by atoms with Crippen molar-refractivity contribution < 1.29 is 4.92 Å². The molecule has 0 N–H and O–H groups in total. The second-order valence-corrected chi connectivity index (χ2v) is 8.08.